The van der Waals surface area contributed by atoms with Crippen LogP contribution in [0.1, 0.15) is 5.56 Å². The van der Waals surface area contributed by atoms with Gasteiger partial charge < -0.3 is 5.21 Å². The maximum atomic E-state index is 11.8. The van der Waals surface area contributed by atoms with Crippen LogP contribution in [0.5, 0.6) is 0 Å². The lowest BCUT2D eigenvalue weighted by molar-refractivity contribution is -0.607. The van der Waals surface area contributed by atoms with E-state index in [1.807, 2.05) is 35.2 Å². The van der Waals surface area contributed by atoms with Crippen LogP contribution >= 0.6 is 0 Å². The van der Waals surface area contributed by atoms with Crippen molar-refractivity contribution in [3.63, 3.8) is 0 Å². The smallest absolute Gasteiger partial charge is 0.268 e. The standard InChI is InChI=1S/C12H12N2O4S/c15-14-8-4-7-12(9-14)19(16,17)13-18-10-11-5-2-1-3-6-11/h1-9,13H,10H2. The summed E-state index contributed by atoms with van der Waals surface area (Å²) in [5.74, 6) is 0. The normalized spacial score (nSPS) is 11.4. The molecule has 0 aliphatic heterocycles. The summed E-state index contributed by atoms with van der Waals surface area (Å²) in [5.41, 5.74) is 0.831. The molecule has 6 nitrogen and oxygen atoms in total. The second-order valence-electron chi connectivity index (χ2n) is 3.76. The molecule has 0 amide bonds. The highest BCUT2D eigenvalue weighted by Crippen LogP contribution is 2.05. The van der Waals surface area contributed by atoms with Crippen LogP contribution in [0.15, 0.2) is 59.8 Å². The zero-order chi connectivity index (χ0) is 13.7. The molecule has 0 radical (unpaired) electrons. The van der Waals surface area contributed by atoms with Gasteiger partial charge in [0.2, 0.25) is 6.20 Å². The van der Waals surface area contributed by atoms with Crippen LogP contribution in [0, 0.1) is 5.21 Å². The van der Waals surface area contributed by atoms with Gasteiger partial charge in [-0.2, -0.15) is 4.73 Å². The first-order valence-electron chi connectivity index (χ1n) is 5.44. The molecule has 1 N–H and O–H groups in total. The first kappa shape index (κ1) is 13.5. The fourth-order valence-corrected chi connectivity index (χ4v) is 2.22. The molecule has 19 heavy (non-hydrogen) atoms. The van der Waals surface area contributed by atoms with Crippen molar-refractivity contribution in [2.45, 2.75) is 11.5 Å². The van der Waals surface area contributed by atoms with Crippen molar-refractivity contribution >= 4 is 10.0 Å². The summed E-state index contributed by atoms with van der Waals surface area (Å²) < 4.78 is 24.0. The summed E-state index contributed by atoms with van der Waals surface area (Å²) in [6.45, 7) is 0.101. The lowest BCUT2D eigenvalue weighted by atomic mass is 10.2. The average molecular weight is 280 g/mol. The third kappa shape index (κ3) is 3.75. The lowest BCUT2D eigenvalue weighted by Crippen LogP contribution is -2.29. The van der Waals surface area contributed by atoms with Crippen LogP contribution in [0.2, 0.25) is 0 Å². The molecular weight excluding hydrogens is 268 g/mol. The first-order valence-corrected chi connectivity index (χ1v) is 6.92. The van der Waals surface area contributed by atoms with E-state index in [9.17, 15) is 13.6 Å². The SMILES string of the molecule is O=S(=O)(NOCc1ccccc1)c1ccc[n+]([O-])c1. The van der Waals surface area contributed by atoms with Crippen LogP contribution in [0.3, 0.4) is 0 Å². The van der Waals surface area contributed by atoms with Crippen molar-refractivity contribution in [1.29, 1.82) is 0 Å². The minimum Gasteiger partial charge on any atom is -0.619 e. The lowest BCUT2D eigenvalue weighted by Gasteiger charge is -2.06. The molecule has 0 saturated carbocycles. The Morgan fingerprint density at radius 1 is 1.16 bits per heavy atom. The Morgan fingerprint density at radius 2 is 1.89 bits per heavy atom. The Kier molecular flexibility index (Phi) is 4.10. The Hall–Kier alpha value is -1.96. The number of benzene rings is 1. The summed E-state index contributed by atoms with van der Waals surface area (Å²) in [6.07, 6.45) is 2.15. The van der Waals surface area contributed by atoms with Gasteiger partial charge in [-0.15, -0.1) is 0 Å². The van der Waals surface area contributed by atoms with E-state index in [0.717, 1.165) is 11.8 Å². The van der Waals surface area contributed by atoms with E-state index in [0.29, 0.717) is 4.73 Å². The molecule has 1 aromatic heterocycles. The Labute approximate surface area is 110 Å². The number of rotatable bonds is 5. The highest BCUT2D eigenvalue weighted by atomic mass is 32.2. The predicted octanol–water partition coefficient (Wildman–Crippen LogP) is 0.730. The van der Waals surface area contributed by atoms with Gasteiger partial charge in [-0.05, 0) is 11.6 Å². The number of nitrogens with zero attached hydrogens (tertiary/aromatic N) is 1. The van der Waals surface area contributed by atoms with Crippen LogP contribution in [0.25, 0.3) is 0 Å². The predicted molar refractivity (Wildman–Crippen MR) is 67.0 cm³/mol. The van der Waals surface area contributed by atoms with Crippen molar-refractivity contribution < 1.29 is 18.0 Å². The summed E-state index contributed by atoms with van der Waals surface area (Å²) in [5, 5.41) is 11.0. The molecular formula is C12H12N2O4S. The van der Waals surface area contributed by atoms with Crippen LogP contribution in [-0.4, -0.2) is 8.42 Å². The van der Waals surface area contributed by atoms with Gasteiger partial charge in [-0.3, -0.25) is 4.84 Å². The fraction of sp³-hybridized carbons (Fsp3) is 0.0833. The van der Waals surface area contributed by atoms with E-state index < -0.39 is 10.0 Å². The molecule has 0 saturated heterocycles. The molecule has 1 heterocycles. The maximum absolute atomic E-state index is 11.8. The van der Waals surface area contributed by atoms with Crippen molar-refractivity contribution in [1.82, 2.24) is 4.89 Å². The molecule has 0 atom stereocenters. The van der Waals surface area contributed by atoms with Crippen molar-refractivity contribution in [2.75, 3.05) is 0 Å². The number of aromatic nitrogens is 1. The number of nitrogens with one attached hydrogen (secondary N) is 1. The van der Waals surface area contributed by atoms with Gasteiger partial charge in [-0.1, -0.05) is 35.2 Å². The largest absolute Gasteiger partial charge is 0.619 e. The zero-order valence-electron chi connectivity index (χ0n) is 9.89. The summed E-state index contributed by atoms with van der Waals surface area (Å²) >= 11 is 0. The molecule has 0 bridgehead atoms. The average Bonchev–Trinajstić information content (AvgIpc) is 2.40. The summed E-state index contributed by atoms with van der Waals surface area (Å²) in [7, 11) is -3.85. The maximum Gasteiger partial charge on any atom is 0.268 e. The molecule has 0 spiro atoms. The molecule has 0 aliphatic carbocycles. The molecule has 0 aliphatic rings. The molecule has 100 valence electrons. The summed E-state index contributed by atoms with van der Waals surface area (Å²) in [4.78, 5) is 6.75. The Balaban J connectivity index is 1.99. The van der Waals surface area contributed by atoms with Crippen LogP contribution < -0.4 is 9.62 Å². The van der Waals surface area contributed by atoms with E-state index in [2.05, 4.69) is 0 Å². The zero-order valence-corrected chi connectivity index (χ0v) is 10.7. The molecule has 7 heteroatoms. The molecule has 1 aromatic carbocycles. The van der Waals surface area contributed by atoms with Gasteiger partial charge in [0.25, 0.3) is 10.0 Å². The van der Waals surface area contributed by atoms with E-state index in [1.54, 1.807) is 0 Å². The van der Waals surface area contributed by atoms with E-state index in [4.69, 9.17) is 4.84 Å². The quantitative estimate of drug-likeness (QED) is 0.497. The molecule has 0 fully saturated rings. The third-order valence-electron chi connectivity index (χ3n) is 2.31. The third-order valence-corrected chi connectivity index (χ3v) is 3.51. The molecule has 2 rings (SSSR count). The van der Waals surface area contributed by atoms with Crippen LogP contribution in [-0.2, 0) is 21.5 Å². The van der Waals surface area contributed by atoms with Crippen molar-refractivity contribution in [3.8, 4) is 0 Å². The topological polar surface area (TPSA) is 82.3 Å². The van der Waals surface area contributed by atoms with Gasteiger partial charge in [-0.25, -0.2) is 8.42 Å². The van der Waals surface area contributed by atoms with Gasteiger partial charge in [0.05, 0.1) is 6.61 Å². The number of pyridine rings is 1. The molecule has 0 unspecified atom stereocenters. The second-order valence-corrected chi connectivity index (χ2v) is 5.41. The highest BCUT2D eigenvalue weighted by molar-refractivity contribution is 7.89. The van der Waals surface area contributed by atoms with E-state index >= 15 is 0 Å². The first-order chi connectivity index (χ1) is 9.08. The van der Waals surface area contributed by atoms with Gasteiger partial charge >= 0.3 is 0 Å². The van der Waals surface area contributed by atoms with Crippen molar-refractivity contribution in [2.24, 2.45) is 0 Å². The monoisotopic (exact) mass is 280 g/mol. The second kappa shape index (κ2) is 5.79. The summed E-state index contributed by atoms with van der Waals surface area (Å²) in [6, 6.07) is 11.8. The minimum atomic E-state index is -3.85. The van der Waals surface area contributed by atoms with E-state index in [1.165, 1.54) is 18.3 Å². The fourth-order valence-electron chi connectivity index (χ4n) is 1.41. The van der Waals surface area contributed by atoms with Gasteiger partial charge in [0, 0.05) is 6.07 Å². The number of hydrogen-bond acceptors (Lipinski definition) is 4. The Morgan fingerprint density at radius 3 is 2.58 bits per heavy atom. The van der Waals surface area contributed by atoms with Crippen molar-refractivity contribution in [3.05, 3.63) is 65.6 Å². The van der Waals surface area contributed by atoms with Gasteiger partial charge in [0.1, 0.15) is 4.90 Å². The van der Waals surface area contributed by atoms with Crippen LogP contribution in [0.4, 0.5) is 0 Å². The Bertz CT molecular complexity index is 644. The highest BCUT2D eigenvalue weighted by Gasteiger charge is 2.16. The van der Waals surface area contributed by atoms with Gasteiger partial charge in [0.15, 0.2) is 6.20 Å². The van der Waals surface area contributed by atoms with E-state index in [-0.39, 0.29) is 11.5 Å². The number of hydrogen-bond donors (Lipinski definition) is 1. The minimum absolute atomic E-state index is 0.101. The number of sulfonamides is 1. The molecule has 2 aromatic rings.